The lowest BCUT2D eigenvalue weighted by Gasteiger charge is -2.18. The number of rotatable bonds is 7. The molecule has 1 aromatic carbocycles. The van der Waals surface area contributed by atoms with E-state index < -0.39 is 29.1 Å². The van der Waals surface area contributed by atoms with Crippen LogP contribution in [0.15, 0.2) is 23.1 Å². The predicted octanol–water partition coefficient (Wildman–Crippen LogP) is 3.68. The Bertz CT molecular complexity index is 1100. The van der Waals surface area contributed by atoms with Crippen LogP contribution in [0.1, 0.15) is 61.4 Å². The number of nitriles is 1. The van der Waals surface area contributed by atoms with Crippen molar-refractivity contribution in [2.45, 2.75) is 52.0 Å². The van der Waals surface area contributed by atoms with Gasteiger partial charge in [0.25, 0.3) is 0 Å². The quantitative estimate of drug-likeness (QED) is 0.624. The van der Waals surface area contributed by atoms with Crippen LogP contribution in [0, 0.1) is 23.1 Å². The zero-order chi connectivity index (χ0) is 22.5. The van der Waals surface area contributed by atoms with Crippen molar-refractivity contribution in [2.75, 3.05) is 13.2 Å². The van der Waals surface area contributed by atoms with Gasteiger partial charge in [0.15, 0.2) is 5.92 Å². The van der Waals surface area contributed by atoms with Crippen molar-refractivity contribution in [3.8, 4) is 6.07 Å². The molecule has 1 fully saturated rings. The van der Waals surface area contributed by atoms with Crippen LogP contribution in [0.2, 0.25) is 0 Å². The number of esters is 2. The number of benzene rings is 1. The van der Waals surface area contributed by atoms with E-state index in [-0.39, 0.29) is 29.7 Å². The number of pyridine rings is 1. The average Bonchev–Trinajstić information content (AvgIpc) is 3.25. The van der Waals surface area contributed by atoms with Gasteiger partial charge < -0.3 is 14.0 Å². The van der Waals surface area contributed by atoms with Crippen molar-refractivity contribution < 1.29 is 23.5 Å². The standard InChI is InChI=1S/C23H25FN2O5/c1-3-30-22(28)17(11-25)15-10-20-16(9-19(15)24)21(27)18(23(29)31-4-2)13-26(20)12-14-7-5-6-8-14/h9-10,13-14,17H,3-8,12H2,1-2H3. The molecule has 1 saturated carbocycles. The lowest BCUT2D eigenvalue weighted by atomic mass is 9.97. The minimum Gasteiger partial charge on any atom is -0.465 e. The van der Waals surface area contributed by atoms with Gasteiger partial charge in [0.1, 0.15) is 11.4 Å². The predicted molar refractivity (Wildman–Crippen MR) is 111 cm³/mol. The van der Waals surface area contributed by atoms with Gasteiger partial charge in [-0.25, -0.2) is 9.18 Å². The minimum absolute atomic E-state index is 0.00495. The fourth-order valence-corrected chi connectivity index (χ4v) is 4.10. The number of carbonyl (C=O) groups excluding carboxylic acids is 2. The first-order valence-corrected chi connectivity index (χ1v) is 10.5. The van der Waals surface area contributed by atoms with Gasteiger partial charge in [0, 0.05) is 23.7 Å². The molecule has 0 spiro atoms. The summed E-state index contributed by atoms with van der Waals surface area (Å²) in [7, 11) is 0. The third-order valence-electron chi connectivity index (χ3n) is 5.59. The van der Waals surface area contributed by atoms with E-state index in [1.807, 2.05) is 0 Å². The van der Waals surface area contributed by atoms with Crippen molar-refractivity contribution >= 4 is 22.8 Å². The SMILES string of the molecule is CCOC(=O)c1cn(CC2CCCC2)c2cc(C(C#N)C(=O)OCC)c(F)cc2c1=O. The van der Waals surface area contributed by atoms with E-state index in [1.54, 1.807) is 24.5 Å². The maximum Gasteiger partial charge on any atom is 0.343 e. The average molecular weight is 428 g/mol. The molecule has 0 N–H and O–H groups in total. The number of hydrogen-bond acceptors (Lipinski definition) is 6. The minimum atomic E-state index is -1.45. The summed E-state index contributed by atoms with van der Waals surface area (Å²) in [5, 5.41) is 9.46. The van der Waals surface area contributed by atoms with Gasteiger partial charge in [0.05, 0.1) is 24.8 Å². The molecule has 0 bridgehead atoms. The van der Waals surface area contributed by atoms with E-state index in [4.69, 9.17) is 9.47 Å². The fraction of sp³-hybridized carbons (Fsp3) is 0.478. The molecule has 2 aromatic rings. The van der Waals surface area contributed by atoms with Crippen molar-refractivity contribution in [3.05, 3.63) is 45.5 Å². The highest BCUT2D eigenvalue weighted by Crippen LogP contribution is 2.29. The molecule has 0 saturated heterocycles. The molecule has 1 aromatic heterocycles. The Morgan fingerprint density at radius 3 is 2.52 bits per heavy atom. The Labute approximate surface area is 179 Å². The van der Waals surface area contributed by atoms with E-state index in [1.165, 1.54) is 12.3 Å². The lowest BCUT2D eigenvalue weighted by Crippen LogP contribution is -2.23. The highest BCUT2D eigenvalue weighted by atomic mass is 19.1. The second-order valence-corrected chi connectivity index (χ2v) is 7.60. The number of hydrogen-bond donors (Lipinski definition) is 0. The van der Waals surface area contributed by atoms with E-state index in [2.05, 4.69) is 0 Å². The molecule has 0 amide bonds. The molecular weight excluding hydrogens is 403 g/mol. The maximum absolute atomic E-state index is 14.9. The molecule has 1 heterocycles. The Morgan fingerprint density at radius 2 is 1.90 bits per heavy atom. The Hall–Kier alpha value is -3.21. The van der Waals surface area contributed by atoms with Gasteiger partial charge in [-0.15, -0.1) is 0 Å². The van der Waals surface area contributed by atoms with Crippen molar-refractivity contribution in [1.29, 1.82) is 5.26 Å². The molecule has 1 atom stereocenters. The summed E-state index contributed by atoms with van der Waals surface area (Å²) in [5.41, 5.74) is -0.601. The molecule has 3 rings (SSSR count). The van der Waals surface area contributed by atoms with Crippen LogP contribution in [0.4, 0.5) is 4.39 Å². The summed E-state index contributed by atoms with van der Waals surface area (Å²) in [6.07, 6.45) is 5.67. The number of fused-ring (bicyclic) bond motifs is 1. The van der Waals surface area contributed by atoms with Crippen molar-refractivity contribution in [3.63, 3.8) is 0 Å². The third-order valence-corrected chi connectivity index (χ3v) is 5.59. The summed E-state index contributed by atoms with van der Waals surface area (Å²) in [4.78, 5) is 37.4. The summed E-state index contributed by atoms with van der Waals surface area (Å²) in [6, 6.07) is 4.12. The number of aromatic nitrogens is 1. The molecule has 7 nitrogen and oxygen atoms in total. The van der Waals surface area contributed by atoms with E-state index in [9.17, 15) is 24.0 Å². The largest absolute Gasteiger partial charge is 0.465 e. The Kier molecular flexibility index (Phi) is 7.06. The summed E-state index contributed by atoms with van der Waals surface area (Å²) in [5.74, 6) is -3.59. The molecule has 164 valence electrons. The van der Waals surface area contributed by atoms with Crippen LogP contribution in [0.5, 0.6) is 0 Å². The molecule has 0 aliphatic heterocycles. The zero-order valence-electron chi connectivity index (χ0n) is 17.7. The lowest BCUT2D eigenvalue weighted by molar-refractivity contribution is -0.143. The first-order valence-electron chi connectivity index (χ1n) is 10.5. The summed E-state index contributed by atoms with van der Waals surface area (Å²) >= 11 is 0. The van der Waals surface area contributed by atoms with Gasteiger partial charge in [-0.1, -0.05) is 12.8 Å². The highest BCUT2D eigenvalue weighted by Gasteiger charge is 2.28. The van der Waals surface area contributed by atoms with Gasteiger partial charge in [-0.3, -0.25) is 9.59 Å². The van der Waals surface area contributed by atoms with E-state index in [0.717, 1.165) is 31.7 Å². The monoisotopic (exact) mass is 428 g/mol. The number of ether oxygens (including phenoxy) is 2. The topological polar surface area (TPSA) is 98.4 Å². The summed E-state index contributed by atoms with van der Waals surface area (Å²) in [6.45, 7) is 3.93. The van der Waals surface area contributed by atoms with Crippen LogP contribution >= 0.6 is 0 Å². The molecule has 0 radical (unpaired) electrons. The van der Waals surface area contributed by atoms with Crippen molar-refractivity contribution in [1.82, 2.24) is 4.57 Å². The molecule has 1 aliphatic carbocycles. The normalized spacial score (nSPS) is 14.9. The second kappa shape index (κ2) is 9.73. The van der Waals surface area contributed by atoms with Crippen LogP contribution < -0.4 is 5.43 Å². The first-order chi connectivity index (χ1) is 14.9. The van der Waals surface area contributed by atoms with Gasteiger partial charge >= 0.3 is 11.9 Å². The van der Waals surface area contributed by atoms with Gasteiger partial charge in [0.2, 0.25) is 5.43 Å². The molecule has 8 heteroatoms. The van der Waals surface area contributed by atoms with Gasteiger partial charge in [-0.2, -0.15) is 5.26 Å². The number of halogens is 1. The number of nitrogens with zero attached hydrogens (tertiary/aromatic N) is 2. The van der Waals surface area contributed by atoms with Crippen LogP contribution in [0.25, 0.3) is 10.9 Å². The summed E-state index contributed by atoms with van der Waals surface area (Å²) < 4.78 is 26.6. The number of carbonyl (C=O) groups is 2. The Balaban J connectivity index is 2.21. The first kappa shape index (κ1) is 22.5. The molecule has 1 unspecified atom stereocenters. The molecule has 31 heavy (non-hydrogen) atoms. The second-order valence-electron chi connectivity index (χ2n) is 7.60. The molecule has 1 aliphatic rings. The van der Waals surface area contributed by atoms with Crippen LogP contribution in [-0.2, 0) is 20.8 Å². The third kappa shape index (κ3) is 4.61. The van der Waals surface area contributed by atoms with E-state index >= 15 is 0 Å². The van der Waals surface area contributed by atoms with Crippen molar-refractivity contribution in [2.24, 2.45) is 5.92 Å². The Morgan fingerprint density at radius 1 is 1.23 bits per heavy atom. The van der Waals surface area contributed by atoms with Crippen LogP contribution in [0.3, 0.4) is 0 Å². The smallest absolute Gasteiger partial charge is 0.343 e. The highest BCUT2D eigenvalue weighted by molar-refractivity contribution is 5.94. The van der Waals surface area contributed by atoms with Gasteiger partial charge in [-0.05, 0) is 44.7 Å². The van der Waals surface area contributed by atoms with Crippen LogP contribution in [-0.4, -0.2) is 29.7 Å². The molecular formula is C23H25FN2O5. The fourth-order valence-electron chi connectivity index (χ4n) is 4.10. The van der Waals surface area contributed by atoms with E-state index in [0.29, 0.717) is 18.0 Å². The maximum atomic E-state index is 14.9. The zero-order valence-corrected chi connectivity index (χ0v) is 17.7.